The van der Waals surface area contributed by atoms with Gasteiger partial charge in [0.15, 0.2) is 0 Å². The molecule has 4 aromatic carbocycles. The third-order valence-corrected chi connectivity index (χ3v) is 7.94. The molecule has 3 aliphatic rings. The molecule has 4 aromatic rings. The molecule has 3 atom stereocenters. The smallest absolute Gasteiger partial charge is 0.241 e. The van der Waals surface area contributed by atoms with E-state index in [1.165, 1.54) is 0 Å². The molecule has 2 fully saturated rings. The lowest BCUT2D eigenvalue weighted by Gasteiger charge is -2.27. The predicted molar refractivity (Wildman–Crippen MR) is 136 cm³/mol. The monoisotopic (exact) mass is 487 g/mol. The summed E-state index contributed by atoms with van der Waals surface area (Å²) in [5, 5.41) is 1.77. The second kappa shape index (κ2) is 7.54. The Morgan fingerprint density at radius 3 is 2.03 bits per heavy atom. The van der Waals surface area contributed by atoms with Crippen molar-refractivity contribution in [3.8, 4) is 0 Å². The van der Waals surface area contributed by atoms with Crippen LogP contribution in [0, 0.1) is 18.8 Å². The van der Waals surface area contributed by atoms with E-state index in [2.05, 4.69) is 0 Å². The molecule has 0 saturated carbocycles. The Morgan fingerprint density at radius 2 is 1.32 bits per heavy atom. The van der Waals surface area contributed by atoms with Crippen molar-refractivity contribution in [2.45, 2.75) is 18.6 Å². The molecule has 180 valence electrons. The van der Waals surface area contributed by atoms with Crippen LogP contribution in [0.3, 0.4) is 0 Å². The van der Waals surface area contributed by atoms with Gasteiger partial charge in [-0.05, 0) is 35.4 Å². The molecule has 0 N–H and O–H groups in total. The minimum atomic E-state index is -2.08. The average Bonchev–Trinajstić information content (AvgIpc) is 3.49. The Hall–Kier alpha value is -4.42. The molecule has 1 aliphatic carbocycles. The number of rotatable bonds is 2. The van der Waals surface area contributed by atoms with Gasteiger partial charge in [-0.15, -0.1) is 0 Å². The highest BCUT2D eigenvalue weighted by Gasteiger charge is 2.74. The quantitative estimate of drug-likeness (QED) is 0.299. The van der Waals surface area contributed by atoms with Gasteiger partial charge in [-0.3, -0.25) is 19.2 Å². The van der Waals surface area contributed by atoms with Crippen LogP contribution >= 0.6 is 0 Å². The van der Waals surface area contributed by atoms with Crippen molar-refractivity contribution in [1.29, 1.82) is 0 Å². The first kappa shape index (κ1) is 21.8. The molecule has 6 nitrogen and oxygen atoms in total. The molecule has 0 bridgehead atoms. The zero-order chi connectivity index (χ0) is 25.5. The van der Waals surface area contributed by atoms with Crippen molar-refractivity contribution in [3.63, 3.8) is 0 Å². The van der Waals surface area contributed by atoms with Gasteiger partial charge in [0.1, 0.15) is 0 Å². The van der Waals surface area contributed by atoms with Crippen molar-refractivity contribution in [1.82, 2.24) is 0 Å². The highest BCUT2D eigenvalue weighted by atomic mass is 16.5. The standard InChI is InChI=1S/C31H21NO5/c1-17-13-15-19(16-14-17)32-29(35)24-25(30(32)36)31(27(33)22-10-4-5-11-23(22)28(31)34)37-26(24)21-12-6-8-18-7-2-3-9-20(18)21/h2-16,24-26H,1H3/t24-,25-,26-/m1/s1. The Balaban J connectivity index is 1.46. The Labute approximate surface area is 212 Å². The van der Waals surface area contributed by atoms with Crippen molar-refractivity contribution in [3.05, 3.63) is 113 Å². The van der Waals surface area contributed by atoms with E-state index < -0.39 is 46.9 Å². The molecule has 2 heterocycles. The predicted octanol–water partition coefficient (Wildman–Crippen LogP) is 4.84. The molecule has 2 aliphatic heterocycles. The first-order valence-electron chi connectivity index (χ1n) is 12.2. The SMILES string of the molecule is Cc1ccc(N2C(=O)[C@H]3[C@@H](c4cccc5ccccc45)OC4(C(=O)c5ccccc5C4=O)[C@H]3C2=O)cc1. The first-order chi connectivity index (χ1) is 17.9. The summed E-state index contributed by atoms with van der Waals surface area (Å²) >= 11 is 0. The molecule has 1 spiro atoms. The van der Waals surface area contributed by atoms with Gasteiger partial charge in [0.05, 0.1) is 23.6 Å². The lowest BCUT2D eigenvalue weighted by molar-refractivity contribution is -0.127. The van der Waals surface area contributed by atoms with Crippen LogP contribution in [0.4, 0.5) is 5.69 Å². The zero-order valence-electron chi connectivity index (χ0n) is 19.9. The summed E-state index contributed by atoms with van der Waals surface area (Å²) in [6, 6.07) is 26.9. The summed E-state index contributed by atoms with van der Waals surface area (Å²) < 4.78 is 6.45. The van der Waals surface area contributed by atoms with Crippen LogP contribution in [0.25, 0.3) is 10.8 Å². The number of fused-ring (bicyclic) bond motifs is 4. The minimum absolute atomic E-state index is 0.221. The average molecular weight is 488 g/mol. The molecule has 0 aromatic heterocycles. The van der Waals surface area contributed by atoms with Gasteiger partial charge in [0.2, 0.25) is 29.0 Å². The maximum atomic E-state index is 14.0. The van der Waals surface area contributed by atoms with Crippen molar-refractivity contribution in [2.75, 3.05) is 4.90 Å². The number of aryl methyl sites for hydroxylation is 1. The summed E-state index contributed by atoms with van der Waals surface area (Å²) in [4.78, 5) is 57.1. The third kappa shape index (κ3) is 2.73. The number of imide groups is 1. The van der Waals surface area contributed by atoms with E-state index in [-0.39, 0.29) is 11.1 Å². The van der Waals surface area contributed by atoms with Gasteiger partial charge in [-0.1, -0.05) is 84.4 Å². The minimum Gasteiger partial charge on any atom is -0.349 e. The summed E-state index contributed by atoms with van der Waals surface area (Å²) in [5.41, 5.74) is 0.429. The summed E-state index contributed by atoms with van der Waals surface area (Å²) in [5.74, 6) is -4.46. The summed E-state index contributed by atoms with van der Waals surface area (Å²) in [6.07, 6.45) is -0.954. The van der Waals surface area contributed by atoms with E-state index in [1.807, 2.05) is 61.5 Å². The fraction of sp³-hybridized carbons (Fsp3) is 0.161. The second-order valence-corrected chi connectivity index (χ2v) is 9.90. The van der Waals surface area contributed by atoms with E-state index in [0.717, 1.165) is 21.2 Å². The molecule has 37 heavy (non-hydrogen) atoms. The number of carbonyl (C=O) groups excluding carboxylic acids is 4. The highest BCUT2D eigenvalue weighted by molar-refractivity contribution is 6.37. The number of benzene rings is 4. The molecular weight excluding hydrogens is 466 g/mol. The van der Waals surface area contributed by atoms with E-state index in [1.54, 1.807) is 36.4 Å². The van der Waals surface area contributed by atoms with E-state index in [0.29, 0.717) is 11.3 Å². The number of carbonyl (C=O) groups is 4. The highest BCUT2D eigenvalue weighted by Crippen LogP contribution is 2.58. The molecule has 2 amide bonds. The van der Waals surface area contributed by atoms with Gasteiger partial charge in [-0.2, -0.15) is 0 Å². The molecule has 2 saturated heterocycles. The number of ketones is 2. The van der Waals surface area contributed by atoms with Crippen LogP contribution in [0.5, 0.6) is 0 Å². The Morgan fingerprint density at radius 1 is 0.703 bits per heavy atom. The van der Waals surface area contributed by atoms with Gasteiger partial charge < -0.3 is 4.74 Å². The van der Waals surface area contributed by atoms with E-state index >= 15 is 0 Å². The van der Waals surface area contributed by atoms with Gasteiger partial charge in [-0.25, -0.2) is 4.90 Å². The number of hydrogen-bond acceptors (Lipinski definition) is 5. The third-order valence-electron chi connectivity index (χ3n) is 7.94. The van der Waals surface area contributed by atoms with E-state index in [4.69, 9.17) is 4.74 Å². The lowest BCUT2D eigenvalue weighted by Crippen LogP contribution is -2.51. The first-order valence-corrected chi connectivity index (χ1v) is 12.2. The van der Waals surface area contributed by atoms with Gasteiger partial charge in [0, 0.05) is 11.1 Å². The molecule has 0 unspecified atom stereocenters. The Kier molecular flexibility index (Phi) is 4.45. The topological polar surface area (TPSA) is 80.8 Å². The van der Waals surface area contributed by atoms with Gasteiger partial charge >= 0.3 is 0 Å². The van der Waals surface area contributed by atoms with Crippen LogP contribution < -0.4 is 4.90 Å². The van der Waals surface area contributed by atoms with Crippen LogP contribution in [-0.2, 0) is 14.3 Å². The normalized spacial score (nSPS) is 23.8. The van der Waals surface area contributed by atoms with Crippen molar-refractivity contribution >= 4 is 39.8 Å². The van der Waals surface area contributed by atoms with Crippen molar-refractivity contribution < 1.29 is 23.9 Å². The summed E-state index contributed by atoms with van der Waals surface area (Å²) in [7, 11) is 0. The number of anilines is 1. The number of ether oxygens (including phenoxy) is 1. The van der Waals surface area contributed by atoms with Crippen LogP contribution in [0.1, 0.15) is 37.9 Å². The van der Waals surface area contributed by atoms with Crippen LogP contribution in [0.15, 0.2) is 91.0 Å². The van der Waals surface area contributed by atoms with Crippen LogP contribution in [0.2, 0.25) is 0 Å². The fourth-order valence-corrected chi connectivity index (χ4v) is 6.25. The van der Waals surface area contributed by atoms with Gasteiger partial charge in [0.25, 0.3) is 0 Å². The maximum Gasteiger partial charge on any atom is 0.241 e. The van der Waals surface area contributed by atoms with E-state index in [9.17, 15) is 19.2 Å². The number of nitrogens with zero attached hydrogens (tertiary/aromatic N) is 1. The Bertz CT molecular complexity index is 1630. The molecule has 7 rings (SSSR count). The number of amides is 2. The zero-order valence-corrected chi connectivity index (χ0v) is 19.9. The van der Waals surface area contributed by atoms with Crippen molar-refractivity contribution in [2.24, 2.45) is 11.8 Å². The molecule has 6 heteroatoms. The second-order valence-electron chi connectivity index (χ2n) is 9.90. The number of hydrogen-bond donors (Lipinski definition) is 0. The molecular formula is C31H21NO5. The fourth-order valence-electron chi connectivity index (χ4n) is 6.25. The number of Topliss-reactive ketones (excluding diaryl/α,β-unsaturated/α-hetero) is 2. The summed E-state index contributed by atoms with van der Waals surface area (Å²) in [6.45, 7) is 1.92. The maximum absolute atomic E-state index is 14.0. The van der Waals surface area contributed by atoms with Crippen LogP contribution in [-0.4, -0.2) is 29.0 Å². The lowest BCUT2D eigenvalue weighted by atomic mass is 9.77. The largest absolute Gasteiger partial charge is 0.349 e. The molecule has 0 radical (unpaired) electrons.